The monoisotopic (exact) mass is 235 g/mol. The molecule has 18 heavy (non-hydrogen) atoms. The van der Waals surface area contributed by atoms with E-state index in [1.807, 2.05) is 31.2 Å². The van der Waals surface area contributed by atoms with Gasteiger partial charge in [0.05, 0.1) is 18.2 Å². The van der Waals surface area contributed by atoms with Crippen LogP contribution in [0.4, 0.5) is 0 Å². The Morgan fingerprint density at radius 3 is 2.17 bits per heavy atom. The quantitative estimate of drug-likeness (QED) is 0.752. The maximum absolute atomic E-state index is 9.29. The Labute approximate surface area is 107 Å². The molecule has 0 aliphatic rings. The summed E-state index contributed by atoms with van der Waals surface area (Å²) in [5.41, 5.74) is 0.387. The number of hydrogen-bond donors (Lipinski definition) is 0. The van der Waals surface area contributed by atoms with E-state index in [1.165, 1.54) is 6.08 Å². The predicted molar refractivity (Wildman–Crippen MR) is 68.0 cm³/mol. The first-order valence-electron chi connectivity index (χ1n) is 5.53. The molecule has 1 aromatic carbocycles. The van der Waals surface area contributed by atoms with E-state index in [-0.39, 0.29) is 6.42 Å². The summed E-state index contributed by atoms with van der Waals surface area (Å²) in [5.74, 6) is -0.772. The highest BCUT2D eigenvalue weighted by molar-refractivity contribution is 5.37. The second-order valence-electron chi connectivity index (χ2n) is 4.16. The Hall–Kier alpha value is -2.57. The second kappa shape index (κ2) is 5.67. The van der Waals surface area contributed by atoms with Crippen LogP contribution in [0.1, 0.15) is 23.5 Å². The third-order valence-electron chi connectivity index (χ3n) is 2.90. The molecule has 1 aromatic rings. The van der Waals surface area contributed by atoms with Gasteiger partial charge in [0.1, 0.15) is 5.92 Å². The summed E-state index contributed by atoms with van der Waals surface area (Å²) in [5, 5.41) is 27.8. The zero-order chi connectivity index (χ0) is 13.6. The van der Waals surface area contributed by atoms with Crippen LogP contribution < -0.4 is 0 Å². The van der Waals surface area contributed by atoms with Crippen LogP contribution in [0.3, 0.4) is 0 Å². The van der Waals surface area contributed by atoms with Crippen LogP contribution >= 0.6 is 0 Å². The van der Waals surface area contributed by atoms with Crippen molar-refractivity contribution < 1.29 is 0 Å². The number of hydrogen-bond acceptors (Lipinski definition) is 3. The highest BCUT2D eigenvalue weighted by Gasteiger charge is 2.40. The molecular formula is C15H13N3. The van der Waals surface area contributed by atoms with E-state index in [1.54, 1.807) is 12.1 Å². The van der Waals surface area contributed by atoms with Crippen molar-refractivity contribution in [3.63, 3.8) is 0 Å². The van der Waals surface area contributed by atoms with E-state index in [0.717, 1.165) is 5.56 Å². The molecule has 0 aliphatic carbocycles. The van der Waals surface area contributed by atoms with Crippen molar-refractivity contribution in [2.45, 2.75) is 19.3 Å². The lowest BCUT2D eigenvalue weighted by Crippen LogP contribution is -2.24. The Balaban J connectivity index is 3.29. The molecule has 0 bridgehead atoms. The average molecular weight is 235 g/mol. The lowest BCUT2D eigenvalue weighted by Gasteiger charge is -2.22. The molecule has 0 aliphatic heterocycles. The Kier molecular flexibility index (Phi) is 4.25. The third kappa shape index (κ3) is 2.40. The zero-order valence-electron chi connectivity index (χ0n) is 10.2. The van der Waals surface area contributed by atoms with Gasteiger partial charge in [0, 0.05) is 0 Å². The lowest BCUT2D eigenvalue weighted by molar-refractivity contribution is 0.480. The first-order chi connectivity index (χ1) is 8.63. The normalized spacial score (nSPS) is 11.7. The molecule has 0 N–H and O–H groups in total. The number of benzene rings is 1. The number of nitriles is 3. The molecule has 0 fully saturated rings. The van der Waals surface area contributed by atoms with Crippen molar-refractivity contribution in [2.24, 2.45) is 5.41 Å². The first-order valence-corrected chi connectivity index (χ1v) is 5.53. The largest absolute Gasteiger partial charge is 0.198 e. The van der Waals surface area contributed by atoms with Gasteiger partial charge in [-0.2, -0.15) is 15.8 Å². The van der Waals surface area contributed by atoms with Gasteiger partial charge in [0.15, 0.2) is 5.41 Å². The van der Waals surface area contributed by atoms with Crippen LogP contribution in [0, 0.1) is 46.3 Å². The van der Waals surface area contributed by atoms with Crippen LogP contribution in [-0.2, 0) is 0 Å². The Morgan fingerprint density at radius 2 is 1.78 bits per heavy atom. The maximum Gasteiger partial charge on any atom is 0.166 e. The Bertz CT molecular complexity index is 535. The summed E-state index contributed by atoms with van der Waals surface area (Å²) < 4.78 is 0. The van der Waals surface area contributed by atoms with Gasteiger partial charge in [0.2, 0.25) is 0 Å². The van der Waals surface area contributed by atoms with Gasteiger partial charge in [-0.1, -0.05) is 35.9 Å². The van der Waals surface area contributed by atoms with Crippen molar-refractivity contribution in [3.05, 3.63) is 48.0 Å². The van der Waals surface area contributed by atoms with E-state index >= 15 is 0 Å². The summed E-state index contributed by atoms with van der Waals surface area (Å²) in [6.07, 6.45) is 1.68. The lowest BCUT2D eigenvalue weighted by atomic mass is 9.72. The third-order valence-corrected chi connectivity index (χ3v) is 2.90. The fraction of sp³-hybridized carbons (Fsp3) is 0.267. The van der Waals surface area contributed by atoms with Gasteiger partial charge in [-0.15, -0.1) is 6.58 Å². The van der Waals surface area contributed by atoms with E-state index in [2.05, 4.69) is 12.6 Å². The van der Waals surface area contributed by atoms with Crippen LogP contribution in [0.25, 0.3) is 0 Å². The topological polar surface area (TPSA) is 71.4 Å². The van der Waals surface area contributed by atoms with Crippen molar-refractivity contribution in [3.8, 4) is 18.2 Å². The van der Waals surface area contributed by atoms with E-state index in [0.29, 0.717) is 5.56 Å². The highest BCUT2D eigenvalue weighted by Crippen LogP contribution is 2.38. The summed E-state index contributed by atoms with van der Waals surface area (Å²) in [6, 6.07) is 13.3. The van der Waals surface area contributed by atoms with Gasteiger partial charge in [-0.3, -0.25) is 0 Å². The van der Waals surface area contributed by atoms with Crippen molar-refractivity contribution >= 4 is 0 Å². The average Bonchev–Trinajstić information content (AvgIpc) is 2.40. The molecule has 0 spiro atoms. The molecule has 0 heterocycles. The molecule has 1 unspecified atom stereocenters. The van der Waals surface area contributed by atoms with Crippen LogP contribution in [0.5, 0.6) is 0 Å². The molecule has 0 amide bonds. The minimum Gasteiger partial charge on any atom is -0.198 e. The molecule has 0 saturated heterocycles. The van der Waals surface area contributed by atoms with Crippen molar-refractivity contribution in [2.75, 3.05) is 0 Å². The summed E-state index contributed by atoms with van der Waals surface area (Å²) in [7, 11) is 0. The van der Waals surface area contributed by atoms with E-state index in [9.17, 15) is 15.8 Å². The van der Waals surface area contributed by atoms with E-state index < -0.39 is 11.3 Å². The van der Waals surface area contributed by atoms with Crippen molar-refractivity contribution in [1.29, 1.82) is 15.8 Å². The van der Waals surface area contributed by atoms with Gasteiger partial charge in [-0.05, 0) is 18.9 Å². The number of aryl methyl sites for hydroxylation is 1. The van der Waals surface area contributed by atoms with Crippen molar-refractivity contribution in [1.82, 2.24) is 0 Å². The minimum atomic E-state index is -1.37. The van der Waals surface area contributed by atoms with Gasteiger partial charge >= 0.3 is 0 Å². The molecule has 88 valence electrons. The van der Waals surface area contributed by atoms with Crippen LogP contribution in [0.2, 0.25) is 0 Å². The van der Waals surface area contributed by atoms with Gasteiger partial charge in [-0.25, -0.2) is 0 Å². The molecule has 0 saturated carbocycles. The molecule has 1 atom stereocenters. The fourth-order valence-corrected chi connectivity index (χ4v) is 1.82. The molecule has 0 aromatic heterocycles. The van der Waals surface area contributed by atoms with Gasteiger partial charge < -0.3 is 0 Å². The predicted octanol–water partition coefficient (Wildman–Crippen LogP) is 3.21. The summed E-state index contributed by atoms with van der Waals surface area (Å²) >= 11 is 0. The number of nitrogens with zero attached hydrogens (tertiary/aromatic N) is 3. The molecule has 1 rings (SSSR count). The summed E-state index contributed by atoms with van der Waals surface area (Å²) in [4.78, 5) is 0. The molecular weight excluding hydrogens is 222 g/mol. The van der Waals surface area contributed by atoms with Crippen LogP contribution in [0.15, 0.2) is 36.9 Å². The maximum atomic E-state index is 9.29. The fourth-order valence-electron chi connectivity index (χ4n) is 1.82. The van der Waals surface area contributed by atoms with E-state index in [4.69, 9.17) is 0 Å². The molecule has 0 radical (unpaired) electrons. The van der Waals surface area contributed by atoms with Crippen LogP contribution in [-0.4, -0.2) is 0 Å². The SMILES string of the molecule is C=CCC(C#N)(C#N)C(C#N)c1ccc(C)cc1. The smallest absolute Gasteiger partial charge is 0.166 e. The molecule has 3 nitrogen and oxygen atoms in total. The van der Waals surface area contributed by atoms with Gasteiger partial charge in [0.25, 0.3) is 0 Å². The number of rotatable bonds is 4. The minimum absolute atomic E-state index is 0.173. The number of allylic oxidation sites excluding steroid dienone is 1. The molecule has 3 heteroatoms. The highest BCUT2D eigenvalue weighted by atomic mass is 14.5. The Morgan fingerprint density at radius 1 is 1.22 bits per heavy atom. The standard InChI is InChI=1S/C15H13N3/c1-3-8-15(10-17,11-18)14(9-16)13-6-4-12(2)5-7-13/h3-7,14H,1,8H2,2H3. The summed E-state index contributed by atoms with van der Waals surface area (Å²) in [6.45, 7) is 5.50. The second-order valence-corrected chi connectivity index (χ2v) is 4.16. The zero-order valence-corrected chi connectivity index (χ0v) is 10.2. The first kappa shape index (κ1) is 13.5.